The topological polar surface area (TPSA) is 50.4 Å². The molecule has 0 bridgehead atoms. The van der Waals surface area contributed by atoms with Crippen LogP contribution in [-0.4, -0.2) is 18.2 Å². The molecule has 25 heavy (non-hydrogen) atoms. The quantitative estimate of drug-likeness (QED) is 0.518. The Kier molecular flexibility index (Phi) is 7.07. The fraction of sp³-hybridized carbons (Fsp3) is 0.294. The number of thiocarbonyl (C=S) groups is 1. The van der Waals surface area contributed by atoms with Gasteiger partial charge in [-0.05, 0) is 48.8 Å². The minimum absolute atomic E-state index is 0.368. The maximum Gasteiger partial charge on any atom is 0.341 e. The first-order valence-corrected chi connectivity index (χ1v) is 9.54. The predicted octanol–water partition coefficient (Wildman–Crippen LogP) is 5.20. The molecule has 0 aliphatic heterocycles. The number of nitrogens with one attached hydrogen (secondary N) is 2. The van der Waals surface area contributed by atoms with Gasteiger partial charge in [0.05, 0.1) is 12.7 Å². The molecule has 0 saturated heterocycles. The van der Waals surface area contributed by atoms with Crippen LogP contribution in [0.4, 0.5) is 5.00 Å². The van der Waals surface area contributed by atoms with Gasteiger partial charge >= 0.3 is 5.97 Å². The Morgan fingerprint density at radius 1 is 1.36 bits per heavy atom. The number of thiophene rings is 1. The SMILES string of the molecule is CCc1c(C)sc(NC(=S)NCc2ccc(Cl)cc2Cl)c1C(=O)OC. The second kappa shape index (κ2) is 8.85. The van der Waals surface area contributed by atoms with Crippen LogP contribution in [0.3, 0.4) is 0 Å². The third-order valence-corrected chi connectivity index (χ3v) is 5.53. The number of anilines is 1. The second-order valence-corrected chi connectivity index (χ2v) is 7.71. The van der Waals surface area contributed by atoms with Crippen molar-refractivity contribution < 1.29 is 9.53 Å². The van der Waals surface area contributed by atoms with Gasteiger partial charge in [-0.2, -0.15) is 0 Å². The van der Waals surface area contributed by atoms with Gasteiger partial charge in [0, 0.05) is 21.5 Å². The van der Waals surface area contributed by atoms with E-state index in [1.165, 1.54) is 18.4 Å². The average molecular weight is 417 g/mol. The molecule has 0 aliphatic rings. The molecular weight excluding hydrogens is 399 g/mol. The van der Waals surface area contributed by atoms with Gasteiger partial charge in [-0.25, -0.2) is 4.79 Å². The molecule has 0 atom stereocenters. The van der Waals surface area contributed by atoms with Crippen LogP contribution in [0.5, 0.6) is 0 Å². The standard InChI is InChI=1S/C17H18Cl2N2O2S2/c1-4-12-9(2)25-15(14(12)16(22)23-3)21-17(24)20-8-10-5-6-11(18)7-13(10)19/h5-7H,4,8H2,1-3H3,(H2,20,21,24). The van der Waals surface area contributed by atoms with E-state index >= 15 is 0 Å². The van der Waals surface area contributed by atoms with Gasteiger partial charge in [-0.1, -0.05) is 36.2 Å². The highest BCUT2D eigenvalue weighted by molar-refractivity contribution is 7.80. The van der Waals surface area contributed by atoms with Crippen LogP contribution in [0.1, 0.15) is 33.3 Å². The maximum atomic E-state index is 12.1. The van der Waals surface area contributed by atoms with Crippen LogP contribution in [0, 0.1) is 6.92 Å². The lowest BCUT2D eigenvalue weighted by molar-refractivity contribution is 0.0601. The molecule has 4 nitrogen and oxygen atoms in total. The van der Waals surface area contributed by atoms with Crippen molar-refractivity contribution in [1.29, 1.82) is 0 Å². The Morgan fingerprint density at radius 2 is 2.08 bits per heavy atom. The van der Waals surface area contributed by atoms with Gasteiger partial charge in [0.2, 0.25) is 0 Å². The van der Waals surface area contributed by atoms with Gasteiger partial charge in [0.15, 0.2) is 5.11 Å². The molecule has 134 valence electrons. The van der Waals surface area contributed by atoms with E-state index in [4.69, 9.17) is 40.2 Å². The molecule has 2 N–H and O–H groups in total. The molecule has 8 heteroatoms. The van der Waals surface area contributed by atoms with Crippen molar-refractivity contribution in [2.24, 2.45) is 0 Å². The maximum absolute atomic E-state index is 12.1. The number of ether oxygens (including phenoxy) is 1. The van der Waals surface area contributed by atoms with E-state index in [-0.39, 0.29) is 5.97 Å². The molecule has 0 spiro atoms. The Bertz CT molecular complexity index is 806. The summed E-state index contributed by atoms with van der Waals surface area (Å²) in [5, 5.41) is 8.41. The lowest BCUT2D eigenvalue weighted by atomic mass is 10.1. The molecule has 1 heterocycles. The molecular formula is C17H18Cl2N2O2S2. The Balaban J connectivity index is 2.11. The summed E-state index contributed by atoms with van der Waals surface area (Å²) >= 11 is 18.9. The number of benzene rings is 1. The summed E-state index contributed by atoms with van der Waals surface area (Å²) in [5.74, 6) is -0.368. The monoisotopic (exact) mass is 416 g/mol. The molecule has 0 amide bonds. The minimum Gasteiger partial charge on any atom is -0.465 e. The number of hydrogen-bond acceptors (Lipinski definition) is 4. The number of rotatable bonds is 5. The largest absolute Gasteiger partial charge is 0.465 e. The van der Waals surface area contributed by atoms with E-state index in [1.54, 1.807) is 12.1 Å². The second-order valence-electron chi connectivity index (χ2n) is 5.23. The zero-order valence-corrected chi connectivity index (χ0v) is 17.2. The summed E-state index contributed by atoms with van der Waals surface area (Å²) in [6.45, 7) is 4.43. The summed E-state index contributed by atoms with van der Waals surface area (Å²) < 4.78 is 4.90. The van der Waals surface area contributed by atoms with Crippen molar-refractivity contribution in [3.05, 3.63) is 49.8 Å². The summed E-state index contributed by atoms with van der Waals surface area (Å²) in [4.78, 5) is 13.2. The Labute approximate surface area is 166 Å². The van der Waals surface area contributed by atoms with Crippen LogP contribution in [0.15, 0.2) is 18.2 Å². The molecule has 0 saturated carbocycles. The van der Waals surface area contributed by atoms with E-state index in [0.29, 0.717) is 32.3 Å². The number of halogens is 2. The molecule has 2 rings (SSSR count). The summed E-state index contributed by atoms with van der Waals surface area (Å²) in [7, 11) is 1.37. The van der Waals surface area contributed by atoms with Gasteiger partial charge in [0.25, 0.3) is 0 Å². The first kappa shape index (κ1) is 20.0. The van der Waals surface area contributed by atoms with Crippen LogP contribution < -0.4 is 10.6 Å². The van der Waals surface area contributed by atoms with E-state index in [0.717, 1.165) is 22.4 Å². The molecule has 1 aromatic heterocycles. The fourth-order valence-electron chi connectivity index (χ4n) is 2.40. The van der Waals surface area contributed by atoms with Gasteiger partial charge in [0.1, 0.15) is 5.00 Å². The summed E-state index contributed by atoms with van der Waals surface area (Å²) in [6, 6.07) is 5.29. The fourth-order valence-corrected chi connectivity index (χ4v) is 4.25. The minimum atomic E-state index is -0.368. The highest BCUT2D eigenvalue weighted by atomic mass is 35.5. The Morgan fingerprint density at radius 3 is 2.68 bits per heavy atom. The zero-order valence-electron chi connectivity index (χ0n) is 14.0. The highest BCUT2D eigenvalue weighted by Gasteiger charge is 2.22. The predicted molar refractivity (Wildman–Crippen MR) is 109 cm³/mol. The van der Waals surface area contributed by atoms with Crippen molar-refractivity contribution in [1.82, 2.24) is 5.32 Å². The zero-order chi connectivity index (χ0) is 18.6. The number of carbonyl (C=O) groups is 1. The number of esters is 1. The van der Waals surface area contributed by atoms with Gasteiger partial charge in [-0.3, -0.25) is 0 Å². The van der Waals surface area contributed by atoms with Crippen LogP contribution in [0.25, 0.3) is 0 Å². The molecule has 2 aromatic rings. The highest BCUT2D eigenvalue weighted by Crippen LogP contribution is 2.34. The lowest BCUT2D eigenvalue weighted by Crippen LogP contribution is -2.28. The van der Waals surface area contributed by atoms with Crippen molar-refractivity contribution in [3.8, 4) is 0 Å². The van der Waals surface area contributed by atoms with Crippen molar-refractivity contribution in [2.75, 3.05) is 12.4 Å². The number of aryl methyl sites for hydroxylation is 1. The molecule has 0 aliphatic carbocycles. The van der Waals surface area contributed by atoms with Crippen LogP contribution >= 0.6 is 46.8 Å². The third-order valence-electron chi connectivity index (χ3n) is 3.63. The number of carbonyl (C=O) groups excluding carboxylic acids is 1. The average Bonchev–Trinajstić information content (AvgIpc) is 2.88. The number of methoxy groups -OCH3 is 1. The third kappa shape index (κ3) is 4.85. The van der Waals surface area contributed by atoms with E-state index in [2.05, 4.69) is 10.6 Å². The molecule has 0 fully saturated rings. The smallest absolute Gasteiger partial charge is 0.341 e. The Hall–Kier alpha value is -1.34. The van der Waals surface area contributed by atoms with Gasteiger partial charge < -0.3 is 15.4 Å². The number of hydrogen-bond donors (Lipinski definition) is 2. The molecule has 0 radical (unpaired) electrons. The summed E-state index contributed by atoms with van der Waals surface area (Å²) in [6.07, 6.45) is 0.745. The lowest BCUT2D eigenvalue weighted by Gasteiger charge is -2.12. The molecule has 1 aromatic carbocycles. The van der Waals surface area contributed by atoms with Crippen LogP contribution in [0.2, 0.25) is 10.0 Å². The molecule has 0 unspecified atom stereocenters. The van der Waals surface area contributed by atoms with E-state index in [9.17, 15) is 4.79 Å². The van der Waals surface area contributed by atoms with E-state index in [1.807, 2.05) is 19.9 Å². The van der Waals surface area contributed by atoms with Gasteiger partial charge in [-0.15, -0.1) is 11.3 Å². The van der Waals surface area contributed by atoms with Crippen molar-refractivity contribution >= 4 is 62.8 Å². The first-order valence-electron chi connectivity index (χ1n) is 7.56. The van der Waals surface area contributed by atoms with Crippen LogP contribution in [-0.2, 0) is 17.7 Å². The first-order chi connectivity index (χ1) is 11.9. The normalized spacial score (nSPS) is 10.4. The summed E-state index contributed by atoms with van der Waals surface area (Å²) in [5.41, 5.74) is 2.39. The van der Waals surface area contributed by atoms with Crippen molar-refractivity contribution in [3.63, 3.8) is 0 Å². The van der Waals surface area contributed by atoms with E-state index < -0.39 is 0 Å². The van der Waals surface area contributed by atoms with Crippen molar-refractivity contribution in [2.45, 2.75) is 26.8 Å².